The Bertz CT molecular complexity index is 809. The van der Waals surface area contributed by atoms with E-state index in [1.54, 1.807) is 12.3 Å². The number of hydrogen-bond acceptors (Lipinski definition) is 3. The summed E-state index contributed by atoms with van der Waals surface area (Å²) in [4.78, 5) is 9.15. The Hall–Kier alpha value is -2.27. The molecule has 0 bridgehead atoms. The van der Waals surface area contributed by atoms with E-state index in [0.717, 1.165) is 42.0 Å². The Morgan fingerprint density at radius 3 is 3.00 bits per heavy atom. The zero-order chi connectivity index (χ0) is 14.9. The minimum Gasteiger partial charge on any atom is -0.379 e. The van der Waals surface area contributed by atoms with Gasteiger partial charge in [-0.2, -0.15) is 0 Å². The number of hydrogen-bond donors (Lipinski definition) is 0. The van der Waals surface area contributed by atoms with Gasteiger partial charge in [0.25, 0.3) is 0 Å². The second kappa shape index (κ2) is 5.50. The molecule has 3 heterocycles. The van der Waals surface area contributed by atoms with Crippen LogP contribution in [0, 0.1) is 5.82 Å². The van der Waals surface area contributed by atoms with Gasteiger partial charge in [0.1, 0.15) is 17.2 Å². The average Bonchev–Trinajstić information content (AvgIpc) is 2.95. The summed E-state index contributed by atoms with van der Waals surface area (Å²) in [6.45, 7) is 1.44. The first-order valence-electron chi connectivity index (χ1n) is 7.49. The predicted molar refractivity (Wildman–Crippen MR) is 82.0 cm³/mol. The van der Waals surface area contributed by atoms with Crippen molar-refractivity contribution in [2.45, 2.75) is 18.9 Å². The van der Waals surface area contributed by atoms with Crippen molar-refractivity contribution < 1.29 is 9.13 Å². The van der Waals surface area contributed by atoms with Gasteiger partial charge in [-0.15, -0.1) is 0 Å². The zero-order valence-electron chi connectivity index (χ0n) is 12.1. The molecule has 0 amide bonds. The highest BCUT2D eigenvalue weighted by molar-refractivity contribution is 5.77. The number of halogens is 1. The largest absolute Gasteiger partial charge is 0.379 e. The highest BCUT2D eigenvalue weighted by Gasteiger charge is 2.23. The van der Waals surface area contributed by atoms with Crippen LogP contribution in [-0.4, -0.2) is 27.7 Å². The first-order valence-corrected chi connectivity index (χ1v) is 7.49. The van der Waals surface area contributed by atoms with E-state index in [4.69, 9.17) is 4.74 Å². The van der Waals surface area contributed by atoms with Crippen LogP contribution in [0.1, 0.15) is 18.9 Å². The SMILES string of the molecule is Fc1cccc(-c2nc3cccnc3n2C2CCCOC2)c1. The number of ether oxygens (including phenoxy) is 1. The van der Waals surface area contributed by atoms with E-state index in [0.29, 0.717) is 6.61 Å². The summed E-state index contributed by atoms with van der Waals surface area (Å²) in [6, 6.07) is 10.5. The molecule has 0 radical (unpaired) electrons. The van der Waals surface area contributed by atoms with Crippen LogP contribution < -0.4 is 0 Å². The Morgan fingerprint density at radius 2 is 2.18 bits per heavy atom. The molecule has 1 aliphatic heterocycles. The van der Waals surface area contributed by atoms with Gasteiger partial charge >= 0.3 is 0 Å². The molecular formula is C17H16FN3O. The standard InChI is InChI=1S/C17H16FN3O/c18-13-5-1-4-12(10-13)16-20-15-7-2-8-19-17(15)21(16)14-6-3-9-22-11-14/h1-2,4-5,7-8,10,14H,3,6,9,11H2. The first kappa shape index (κ1) is 13.4. The van der Waals surface area contributed by atoms with E-state index in [9.17, 15) is 4.39 Å². The summed E-state index contributed by atoms with van der Waals surface area (Å²) in [7, 11) is 0. The fourth-order valence-electron chi connectivity index (χ4n) is 3.03. The van der Waals surface area contributed by atoms with Crippen LogP contribution in [0.2, 0.25) is 0 Å². The highest BCUT2D eigenvalue weighted by atomic mass is 19.1. The molecule has 4 rings (SSSR count). The van der Waals surface area contributed by atoms with E-state index < -0.39 is 0 Å². The van der Waals surface area contributed by atoms with Crippen molar-refractivity contribution in [3.8, 4) is 11.4 Å². The Balaban J connectivity index is 1.93. The Labute approximate surface area is 127 Å². The normalized spacial score (nSPS) is 18.7. The van der Waals surface area contributed by atoms with Crippen molar-refractivity contribution in [1.82, 2.24) is 14.5 Å². The number of aromatic nitrogens is 3. The molecule has 1 aliphatic rings. The average molecular weight is 297 g/mol. The predicted octanol–water partition coefficient (Wildman–Crippen LogP) is 3.59. The molecule has 112 valence electrons. The molecule has 1 fully saturated rings. The van der Waals surface area contributed by atoms with Crippen LogP contribution in [0.15, 0.2) is 42.6 Å². The molecule has 22 heavy (non-hydrogen) atoms. The number of rotatable bonds is 2. The highest BCUT2D eigenvalue weighted by Crippen LogP contribution is 2.31. The molecule has 2 aromatic heterocycles. The van der Waals surface area contributed by atoms with Crippen LogP contribution in [0.25, 0.3) is 22.6 Å². The van der Waals surface area contributed by atoms with E-state index in [1.807, 2.05) is 18.2 Å². The molecule has 0 saturated carbocycles. The van der Waals surface area contributed by atoms with E-state index in [1.165, 1.54) is 12.1 Å². The maximum atomic E-state index is 13.6. The summed E-state index contributed by atoms with van der Waals surface area (Å²) in [6.07, 6.45) is 3.80. The summed E-state index contributed by atoms with van der Waals surface area (Å²) in [5, 5.41) is 0. The number of imidazole rings is 1. The second-order valence-electron chi connectivity index (χ2n) is 5.53. The molecule has 0 aliphatic carbocycles. The van der Waals surface area contributed by atoms with Gasteiger partial charge in [0.05, 0.1) is 12.6 Å². The lowest BCUT2D eigenvalue weighted by molar-refractivity contribution is 0.0608. The smallest absolute Gasteiger partial charge is 0.160 e. The van der Waals surface area contributed by atoms with Gasteiger partial charge in [0, 0.05) is 18.4 Å². The molecule has 1 saturated heterocycles. The number of pyridine rings is 1. The zero-order valence-corrected chi connectivity index (χ0v) is 12.1. The van der Waals surface area contributed by atoms with Gasteiger partial charge in [0.2, 0.25) is 0 Å². The van der Waals surface area contributed by atoms with Gasteiger partial charge in [0.15, 0.2) is 5.65 Å². The molecule has 1 aromatic carbocycles. The van der Waals surface area contributed by atoms with Crippen molar-refractivity contribution >= 4 is 11.2 Å². The fraction of sp³-hybridized carbons (Fsp3) is 0.294. The molecule has 3 aromatic rings. The lowest BCUT2D eigenvalue weighted by atomic mass is 10.1. The van der Waals surface area contributed by atoms with E-state index in [-0.39, 0.29) is 11.9 Å². The molecular weight excluding hydrogens is 281 g/mol. The van der Waals surface area contributed by atoms with Gasteiger partial charge in [-0.25, -0.2) is 14.4 Å². The Kier molecular flexibility index (Phi) is 3.35. The van der Waals surface area contributed by atoms with Gasteiger partial charge in [-0.3, -0.25) is 0 Å². The van der Waals surface area contributed by atoms with Crippen LogP contribution >= 0.6 is 0 Å². The second-order valence-corrected chi connectivity index (χ2v) is 5.53. The molecule has 4 nitrogen and oxygen atoms in total. The third-order valence-corrected chi connectivity index (χ3v) is 4.03. The maximum absolute atomic E-state index is 13.6. The van der Waals surface area contributed by atoms with Crippen molar-refractivity contribution in [1.29, 1.82) is 0 Å². The van der Waals surface area contributed by atoms with Gasteiger partial charge in [-0.05, 0) is 37.1 Å². The number of fused-ring (bicyclic) bond motifs is 1. The monoisotopic (exact) mass is 297 g/mol. The van der Waals surface area contributed by atoms with Crippen molar-refractivity contribution in [2.75, 3.05) is 13.2 Å². The summed E-state index contributed by atoms with van der Waals surface area (Å²) in [5.74, 6) is 0.493. The molecule has 1 unspecified atom stereocenters. The Morgan fingerprint density at radius 1 is 1.23 bits per heavy atom. The maximum Gasteiger partial charge on any atom is 0.160 e. The first-order chi connectivity index (χ1) is 10.8. The van der Waals surface area contributed by atoms with Crippen LogP contribution in [0.3, 0.4) is 0 Å². The van der Waals surface area contributed by atoms with Crippen molar-refractivity contribution in [2.24, 2.45) is 0 Å². The van der Waals surface area contributed by atoms with Crippen LogP contribution in [0.5, 0.6) is 0 Å². The van der Waals surface area contributed by atoms with Gasteiger partial charge < -0.3 is 9.30 Å². The summed E-state index contributed by atoms with van der Waals surface area (Å²) < 4.78 is 21.3. The third kappa shape index (κ3) is 2.27. The van der Waals surface area contributed by atoms with Crippen LogP contribution in [0.4, 0.5) is 4.39 Å². The number of benzene rings is 1. The summed E-state index contributed by atoms with van der Waals surface area (Å²) in [5.41, 5.74) is 2.42. The fourth-order valence-corrected chi connectivity index (χ4v) is 3.03. The molecule has 1 atom stereocenters. The molecule has 0 spiro atoms. The van der Waals surface area contributed by atoms with E-state index in [2.05, 4.69) is 14.5 Å². The number of nitrogens with zero attached hydrogens (tertiary/aromatic N) is 3. The lowest BCUT2D eigenvalue weighted by Crippen LogP contribution is -2.22. The van der Waals surface area contributed by atoms with Crippen LogP contribution in [-0.2, 0) is 4.74 Å². The van der Waals surface area contributed by atoms with Crippen molar-refractivity contribution in [3.05, 3.63) is 48.4 Å². The summed E-state index contributed by atoms with van der Waals surface area (Å²) >= 11 is 0. The van der Waals surface area contributed by atoms with E-state index >= 15 is 0 Å². The third-order valence-electron chi connectivity index (χ3n) is 4.03. The quantitative estimate of drug-likeness (QED) is 0.725. The van der Waals surface area contributed by atoms with Gasteiger partial charge in [-0.1, -0.05) is 12.1 Å². The molecule has 5 heteroatoms. The topological polar surface area (TPSA) is 39.9 Å². The lowest BCUT2D eigenvalue weighted by Gasteiger charge is -2.25. The molecule has 0 N–H and O–H groups in total. The minimum atomic E-state index is -0.260. The minimum absolute atomic E-state index is 0.187. The van der Waals surface area contributed by atoms with Crippen molar-refractivity contribution in [3.63, 3.8) is 0 Å².